The molecule has 6 nitrogen and oxygen atoms in total. The van der Waals surface area contributed by atoms with Crippen LogP contribution in [0, 0.1) is 0 Å². The van der Waals surface area contributed by atoms with E-state index in [1.54, 1.807) is 19.1 Å². The van der Waals surface area contributed by atoms with Gasteiger partial charge in [-0.3, -0.25) is 0 Å². The summed E-state index contributed by atoms with van der Waals surface area (Å²) in [6.07, 6.45) is 0. The number of hydrogen-bond acceptors (Lipinski definition) is 6. The minimum absolute atomic E-state index is 0.148. The lowest BCUT2D eigenvalue weighted by molar-refractivity contribution is -0.138. The van der Waals surface area contributed by atoms with Crippen LogP contribution in [-0.2, 0) is 9.53 Å². The molecule has 0 amide bonds. The largest absolute Gasteiger partial charge is 0.495 e. The van der Waals surface area contributed by atoms with E-state index in [9.17, 15) is 4.79 Å². The number of benzene rings is 2. The van der Waals surface area contributed by atoms with Gasteiger partial charge >= 0.3 is 5.97 Å². The van der Waals surface area contributed by atoms with E-state index in [4.69, 9.17) is 38.4 Å². The Balaban J connectivity index is 2.27. The quantitative estimate of drug-likeness (QED) is 0.716. The number of guanidine groups is 1. The third-order valence-corrected chi connectivity index (χ3v) is 4.66. The second kappa shape index (κ2) is 8.54. The molecule has 0 bridgehead atoms. The summed E-state index contributed by atoms with van der Waals surface area (Å²) < 4.78 is 10.8. The molecule has 3 N–H and O–H groups in total. The minimum atomic E-state index is -0.804. The predicted octanol–water partition coefficient (Wildman–Crippen LogP) is 3.94. The fourth-order valence-electron chi connectivity index (χ4n) is 3.05. The number of carbonyl (C=O) groups excluding carboxylic acids is 1. The number of ether oxygens (including phenoxy) is 2. The predicted molar refractivity (Wildman–Crippen MR) is 111 cm³/mol. The van der Waals surface area contributed by atoms with E-state index < -0.39 is 12.0 Å². The van der Waals surface area contributed by atoms with E-state index >= 15 is 0 Å². The molecule has 28 heavy (non-hydrogen) atoms. The van der Waals surface area contributed by atoms with Crippen LogP contribution in [0.25, 0.3) is 5.70 Å². The highest BCUT2D eigenvalue weighted by molar-refractivity contribution is 6.35. The summed E-state index contributed by atoms with van der Waals surface area (Å²) in [5.74, 6) is -0.00738. The Morgan fingerprint density at radius 1 is 1.25 bits per heavy atom. The summed E-state index contributed by atoms with van der Waals surface area (Å²) in [5.41, 5.74) is 8.12. The lowest BCUT2D eigenvalue weighted by Gasteiger charge is -2.27. The van der Waals surface area contributed by atoms with Crippen LogP contribution >= 0.6 is 23.2 Å². The Bertz CT molecular complexity index is 959. The van der Waals surface area contributed by atoms with Crippen molar-refractivity contribution in [2.24, 2.45) is 10.7 Å². The number of nitrogens with two attached hydrogens (primary N) is 1. The fraction of sp³-hybridized carbons (Fsp3) is 0.200. The van der Waals surface area contributed by atoms with Crippen molar-refractivity contribution in [3.8, 4) is 5.75 Å². The average molecular weight is 420 g/mol. The number of halogens is 2. The second-order valence-corrected chi connectivity index (χ2v) is 6.77. The maximum Gasteiger partial charge on any atom is 0.338 e. The summed E-state index contributed by atoms with van der Waals surface area (Å²) in [6, 6.07) is 11.7. The topological polar surface area (TPSA) is 85.9 Å². The van der Waals surface area contributed by atoms with E-state index in [1.165, 1.54) is 7.11 Å². The molecule has 8 heteroatoms. The molecule has 2 aromatic rings. The lowest BCUT2D eigenvalue weighted by atomic mass is 9.92. The molecule has 0 aromatic heterocycles. The first-order chi connectivity index (χ1) is 13.5. The van der Waals surface area contributed by atoms with Crippen LogP contribution in [0.15, 0.2) is 53.0 Å². The van der Waals surface area contributed by atoms with Crippen molar-refractivity contribution in [1.82, 2.24) is 5.32 Å². The first kappa shape index (κ1) is 20.0. The fourth-order valence-corrected chi connectivity index (χ4v) is 3.63. The first-order valence-electron chi connectivity index (χ1n) is 8.56. The van der Waals surface area contributed by atoms with Gasteiger partial charge in [0, 0.05) is 10.6 Å². The van der Waals surface area contributed by atoms with Gasteiger partial charge in [0.2, 0.25) is 0 Å². The Morgan fingerprint density at radius 2 is 1.96 bits per heavy atom. The number of rotatable bonds is 5. The third-order valence-electron chi connectivity index (χ3n) is 4.16. The number of esters is 1. The highest BCUT2D eigenvalue weighted by Crippen LogP contribution is 2.42. The van der Waals surface area contributed by atoms with E-state index in [0.29, 0.717) is 32.6 Å². The van der Waals surface area contributed by atoms with Crippen LogP contribution in [0.1, 0.15) is 24.1 Å². The maximum atomic E-state index is 12.9. The van der Waals surface area contributed by atoms with Crippen molar-refractivity contribution < 1.29 is 14.3 Å². The van der Waals surface area contributed by atoms with Gasteiger partial charge in [-0.05, 0) is 24.6 Å². The van der Waals surface area contributed by atoms with Crippen molar-refractivity contribution in [2.75, 3.05) is 13.7 Å². The van der Waals surface area contributed by atoms with E-state index in [2.05, 4.69) is 10.3 Å². The Labute approximate surface area is 172 Å². The highest BCUT2D eigenvalue weighted by Gasteiger charge is 2.34. The van der Waals surface area contributed by atoms with Crippen LogP contribution < -0.4 is 15.8 Å². The number of nitrogens with one attached hydrogen (secondary N) is 1. The normalized spacial score (nSPS) is 16.3. The molecule has 3 rings (SSSR count). The molecule has 0 radical (unpaired) electrons. The van der Waals surface area contributed by atoms with E-state index in [0.717, 1.165) is 5.56 Å². The molecule has 2 aromatic carbocycles. The number of methoxy groups -OCH3 is 1. The Morgan fingerprint density at radius 3 is 2.61 bits per heavy atom. The van der Waals surface area contributed by atoms with Crippen LogP contribution in [0.5, 0.6) is 5.75 Å². The van der Waals surface area contributed by atoms with Crippen LogP contribution in [-0.4, -0.2) is 25.6 Å². The number of hydrogen-bond donors (Lipinski definition) is 2. The second-order valence-electron chi connectivity index (χ2n) is 5.93. The average Bonchev–Trinajstić information content (AvgIpc) is 2.67. The van der Waals surface area contributed by atoms with Crippen molar-refractivity contribution in [1.29, 1.82) is 0 Å². The molecule has 146 valence electrons. The molecule has 0 aliphatic carbocycles. The Hall–Kier alpha value is -2.70. The molecule has 1 aliphatic heterocycles. The molecular weight excluding hydrogens is 401 g/mol. The van der Waals surface area contributed by atoms with Crippen LogP contribution in [0.2, 0.25) is 10.0 Å². The molecule has 1 heterocycles. The van der Waals surface area contributed by atoms with E-state index in [-0.39, 0.29) is 12.6 Å². The zero-order valence-electron chi connectivity index (χ0n) is 15.3. The van der Waals surface area contributed by atoms with Gasteiger partial charge < -0.3 is 20.5 Å². The zero-order valence-corrected chi connectivity index (χ0v) is 16.8. The molecule has 0 fully saturated rings. The molecule has 1 aliphatic rings. The van der Waals surface area contributed by atoms with Crippen LogP contribution in [0.3, 0.4) is 0 Å². The SMILES string of the molecule is CCOC(=O)C1=C(c2ccccc2)NC(N)=NC1c1cc(Cl)cc(Cl)c1OC. The molecule has 0 saturated carbocycles. The number of aliphatic imine (C=N–C) groups is 1. The molecular formula is C20H19Cl2N3O3. The summed E-state index contributed by atoms with van der Waals surface area (Å²) in [5, 5.41) is 3.68. The smallest absolute Gasteiger partial charge is 0.338 e. The summed E-state index contributed by atoms with van der Waals surface area (Å²) in [4.78, 5) is 17.3. The van der Waals surface area contributed by atoms with Gasteiger partial charge in [-0.25, -0.2) is 9.79 Å². The first-order valence-corrected chi connectivity index (χ1v) is 9.31. The standard InChI is InChI=1S/C20H19Cl2N3O3/c1-3-28-19(26)15-16(11-7-5-4-6-8-11)24-20(23)25-17(15)13-9-12(21)10-14(22)18(13)27-2/h4-10,17H,3H2,1-2H3,(H3,23,24,25). The van der Waals surface area contributed by atoms with Gasteiger partial charge in [0.15, 0.2) is 5.96 Å². The maximum absolute atomic E-state index is 12.9. The molecule has 1 atom stereocenters. The van der Waals surface area contributed by atoms with Crippen molar-refractivity contribution in [2.45, 2.75) is 13.0 Å². The number of nitrogens with zero attached hydrogens (tertiary/aromatic N) is 1. The van der Waals surface area contributed by atoms with E-state index in [1.807, 2.05) is 30.3 Å². The van der Waals surface area contributed by atoms with Gasteiger partial charge in [-0.1, -0.05) is 53.5 Å². The van der Waals surface area contributed by atoms with Gasteiger partial charge in [0.25, 0.3) is 0 Å². The number of carbonyl (C=O) groups is 1. The monoisotopic (exact) mass is 419 g/mol. The third kappa shape index (κ3) is 3.93. The summed E-state index contributed by atoms with van der Waals surface area (Å²) >= 11 is 12.5. The zero-order chi connectivity index (χ0) is 20.3. The van der Waals surface area contributed by atoms with Crippen LogP contribution in [0.4, 0.5) is 0 Å². The van der Waals surface area contributed by atoms with Crippen molar-refractivity contribution in [3.63, 3.8) is 0 Å². The van der Waals surface area contributed by atoms with Gasteiger partial charge in [-0.15, -0.1) is 0 Å². The molecule has 0 saturated heterocycles. The summed E-state index contributed by atoms with van der Waals surface area (Å²) in [7, 11) is 1.48. The lowest BCUT2D eigenvalue weighted by Crippen LogP contribution is -2.37. The minimum Gasteiger partial charge on any atom is -0.495 e. The van der Waals surface area contributed by atoms with Crippen molar-refractivity contribution in [3.05, 3.63) is 69.2 Å². The van der Waals surface area contributed by atoms with Gasteiger partial charge in [-0.2, -0.15) is 0 Å². The Kier molecular flexibility index (Phi) is 6.11. The molecule has 1 unspecified atom stereocenters. The van der Waals surface area contributed by atoms with Crippen molar-refractivity contribution >= 4 is 40.8 Å². The van der Waals surface area contributed by atoms with Gasteiger partial charge in [0.1, 0.15) is 11.8 Å². The van der Waals surface area contributed by atoms with Gasteiger partial charge in [0.05, 0.1) is 30.0 Å². The molecule has 0 spiro atoms. The highest BCUT2D eigenvalue weighted by atomic mass is 35.5. The summed E-state index contributed by atoms with van der Waals surface area (Å²) in [6.45, 7) is 1.95.